The van der Waals surface area contributed by atoms with E-state index in [1.165, 1.54) is 24.4 Å². The molecule has 186 valence electrons. The van der Waals surface area contributed by atoms with Gasteiger partial charge in [-0.25, -0.2) is 0 Å². The summed E-state index contributed by atoms with van der Waals surface area (Å²) in [5.74, 6) is -1.55. The fraction of sp³-hybridized carbons (Fsp3) is 0.138. The monoisotopic (exact) mass is 523 g/mol. The number of carbonyl (C=O) groups is 2. The van der Waals surface area contributed by atoms with Gasteiger partial charge in [-0.3, -0.25) is 19.7 Å². The van der Waals surface area contributed by atoms with Crippen molar-refractivity contribution in [2.24, 2.45) is 16.9 Å². The molecule has 38 heavy (non-hydrogen) atoms. The Morgan fingerprint density at radius 1 is 0.842 bits per heavy atom. The zero-order valence-electron chi connectivity index (χ0n) is 19.7. The number of nitro benzene ring substituents is 1. The highest BCUT2D eigenvalue weighted by atomic mass is 35.5. The van der Waals surface area contributed by atoms with Crippen molar-refractivity contribution >= 4 is 35.3 Å². The van der Waals surface area contributed by atoms with E-state index in [0.717, 1.165) is 27.3 Å². The molecule has 2 atom stereocenters. The summed E-state index contributed by atoms with van der Waals surface area (Å²) in [6.07, 6.45) is 1.31. The molecule has 1 fully saturated rings. The second-order valence-electron chi connectivity index (χ2n) is 9.62. The van der Waals surface area contributed by atoms with Gasteiger partial charge < -0.3 is 4.42 Å². The van der Waals surface area contributed by atoms with Crippen LogP contribution in [0, 0.1) is 22.0 Å². The van der Waals surface area contributed by atoms with E-state index in [4.69, 9.17) is 16.0 Å². The van der Waals surface area contributed by atoms with Gasteiger partial charge in [0.05, 0.1) is 28.0 Å². The van der Waals surface area contributed by atoms with Crippen LogP contribution in [-0.4, -0.2) is 28.0 Å². The van der Waals surface area contributed by atoms with Crippen LogP contribution in [0.3, 0.4) is 0 Å². The molecule has 8 nitrogen and oxygen atoms in total. The first-order chi connectivity index (χ1) is 18.4. The van der Waals surface area contributed by atoms with Crippen molar-refractivity contribution in [3.8, 4) is 11.3 Å². The second kappa shape index (κ2) is 8.22. The SMILES string of the molecule is O=C1[C@@H]2C3c4ccccc4C(c4ccccc43)[C@H]2C(=O)N1/N=C\c1ccc(-c2cc([N+](=O)[O-])ccc2Cl)o1. The zero-order valence-corrected chi connectivity index (χ0v) is 20.4. The molecule has 1 aromatic heterocycles. The van der Waals surface area contributed by atoms with Crippen LogP contribution in [0.2, 0.25) is 5.02 Å². The Kier molecular flexibility index (Phi) is 4.90. The van der Waals surface area contributed by atoms with Crippen molar-refractivity contribution in [1.29, 1.82) is 0 Å². The van der Waals surface area contributed by atoms with Crippen molar-refractivity contribution in [3.05, 3.63) is 122 Å². The van der Waals surface area contributed by atoms with Crippen LogP contribution in [0.1, 0.15) is 39.8 Å². The Bertz CT molecular complexity index is 1590. The molecule has 2 heterocycles. The molecule has 0 spiro atoms. The van der Waals surface area contributed by atoms with Crippen molar-refractivity contribution in [1.82, 2.24) is 5.01 Å². The molecule has 9 heteroatoms. The summed E-state index contributed by atoms with van der Waals surface area (Å²) in [4.78, 5) is 37.9. The maximum Gasteiger partial charge on any atom is 0.270 e. The summed E-state index contributed by atoms with van der Waals surface area (Å²) >= 11 is 6.23. The predicted octanol–water partition coefficient (Wildman–Crippen LogP) is 5.73. The molecular weight excluding hydrogens is 506 g/mol. The highest BCUT2D eigenvalue weighted by molar-refractivity contribution is 6.33. The van der Waals surface area contributed by atoms with E-state index >= 15 is 0 Å². The number of benzene rings is 3. The number of halogens is 1. The zero-order chi connectivity index (χ0) is 26.1. The summed E-state index contributed by atoms with van der Waals surface area (Å²) in [7, 11) is 0. The minimum atomic E-state index is -0.523. The molecule has 0 N–H and O–H groups in total. The summed E-state index contributed by atoms with van der Waals surface area (Å²) in [5, 5.41) is 16.7. The van der Waals surface area contributed by atoms with Gasteiger partial charge in [-0.1, -0.05) is 60.1 Å². The molecule has 3 aliphatic carbocycles. The van der Waals surface area contributed by atoms with Crippen molar-refractivity contribution in [3.63, 3.8) is 0 Å². The lowest BCUT2D eigenvalue weighted by atomic mass is 9.55. The van der Waals surface area contributed by atoms with Crippen molar-refractivity contribution in [2.75, 3.05) is 0 Å². The molecule has 4 aliphatic rings. The maximum atomic E-state index is 13.6. The smallest absolute Gasteiger partial charge is 0.270 e. The van der Waals surface area contributed by atoms with Gasteiger partial charge in [-0.2, -0.15) is 10.1 Å². The average molecular weight is 524 g/mol. The molecule has 1 saturated heterocycles. The van der Waals surface area contributed by atoms with Crippen LogP contribution >= 0.6 is 11.6 Å². The van der Waals surface area contributed by atoms with E-state index in [1.54, 1.807) is 12.1 Å². The molecule has 1 aliphatic heterocycles. The summed E-state index contributed by atoms with van der Waals surface area (Å²) in [6.45, 7) is 0. The molecule has 4 aromatic rings. The molecular formula is C29H18ClN3O5. The number of hydrazone groups is 1. The third kappa shape index (κ3) is 3.13. The molecule has 8 rings (SSSR count). The third-order valence-electron chi connectivity index (χ3n) is 7.78. The lowest BCUT2D eigenvalue weighted by molar-refractivity contribution is -0.384. The Labute approximate surface area is 221 Å². The first kappa shape index (κ1) is 22.6. The predicted molar refractivity (Wildman–Crippen MR) is 139 cm³/mol. The second-order valence-corrected chi connectivity index (χ2v) is 10.0. The fourth-order valence-corrected chi connectivity index (χ4v) is 6.48. The number of amides is 2. The quantitative estimate of drug-likeness (QED) is 0.147. The Balaban J connectivity index is 1.22. The summed E-state index contributed by atoms with van der Waals surface area (Å²) < 4.78 is 5.78. The van der Waals surface area contributed by atoms with Gasteiger partial charge in [0.25, 0.3) is 17.5 Å². The molecule has 2 bridgehead atoms. The number of hydrogen-bond donors (Lipinski definition) is 0. The highest BCUT2D eigenvalue weighted by Crippen LogP contribution is 2.60. The van der Waals surface area contributed by atoms with Gasteiger partial charge in [0.2, 0.25) is 0 Å². The van der Waals surface area contributed by atoms with Gasteiger partial charge in [0, 0.05) is 29.5 Å². The van der Waals surface area contributed by atoms with Crippen molar-refractivity contribution in [2.45, 2.75) is 11.8 Å². The lowest BCUT2D eigenvalue weighted by Gasteiger charge is -2.45. The topological polar surface area (TPSA) is 106 Å². The number of hydrogen-bond acceptors (Lipinski definition) is 6. The van der Waals surface area contributed by atoms with E-state index in [9.17, 15) is 19.7 Å². The van der Waals surface area contributed by atoms with Gasteiger partial charge in [-0.05, 0) is 40.5 Å². The molecule has 0 unspecified atom stereocenters. The molecule has 0 radical (unpaired) electrons. The van der Waals surface area contributed by atoms with Gasteiger partial charge in [0.15, 0.2) is 0 Å². The van der Waals surface area contributed by atoms with E-state index in [1.807, 2.05) is 48.5 Å². The van der Waals surface area contributed by atoms with E-state index in [2.05, 4.69) is 5.10 Å². The number of furan rings is 1. The van der Waals surface area contributed by atoms with E-state index < -0.39 is 16.8 Å². The number of imide groups is 1. The highest BCUT2D eigenvalue weighted by Gasteiger charge is 2.61. The molecule has 3 aromatic carbocycles. The molecule has 2 amide bonds. The largest absolute Gasteiger partial charge is 0.455 e. The Morgan fingerprint density at radius 3 is 1.92 bits per heavy atom. The normalized spacial score (nSPS) is 23.0. The minimum Gasteiger partial charge on any atom is -0.455 e. The van der Waals surface area contributed by atoms with Crippen LogP contribution in [0.25, 0.3) is 11.3 Å². The van der Waals surface area contributed by atoms with Gasteiger partial charge in [0.1, 0.15) is 11.5 Å². The number of nitrogens with zero attached hydrogens (tertiary/aromatic N) is 3. The number of carbonyl (C=O) groups excluding carboxylic acids is 2. The van der Waals surface area contributed by atoms with E-state index in [-0.39, 0.29) is 40.1 Å². The average Bonchev–Trinajstić information content (AvgIpc) is 3.50. The standard InChI is InChI=1S/C29H18ClN3O5/c30-22-11-9-15(33(36)37)13-21(22)23-12-10-16(38-23)14-31-32-28(34)26-24-17-5-1-2-6-18(17)25(27(26)29(32)35)20-8-4-3-7-19(20)24/h1-14,24-27H/b31-14-/t24?,25?,26-,27-/m1/s1. The Morgan fingerprint density at radius 2 is 1.39 bits per heavy atom. The summed E-state index contributed by atoms with van der Waals surface area (Å²) in [6, 6.07) is 23.3. The van der Waals surface area contributed by atoms with Gasteiger partial charge in [-0.15, -0.1) is 0 Å². The fourth-order valence-electron chi connectivity index (χ4n) is 6.27. The molecule has 0 saturated carbocycles. The number of nitro groups is 1. The van der Waals surface area contributed by atoms with Gasteiger partial charge >= 0.3 is 0 Å². The maximum absolute atomic E-state index is 13.6. The van der Waals surface area contributed by atoms with Crippen LogP contribution in [-0.2, 0) is 9.59 Å². The van der Waals surface area contributed by atoms with Crippen molar-refractivity contribution < 1.29 is 18.9 Å². The first-order valence-corrected chi connectivity index (χ1v) is 12.5. The third-order valence-corrected chi connectivity index (χ3v) is 8.11. The Hall–Kier alpha value is -4.56. The van der Waals surface area contributed by atoms with Crippen LogP contribution < -0.4 is 0 Å². The van der Waals surface area contributed by atoms with Crippen LogP contribution in [0.4, 0.5) is 5.69 Å². The number of rotatable bonds is 4. The van der Waals surface area contributed by atoms with Crippen LogP contribution in [0.15, 0.2) is 88.4 Å². The first-order valence-electron chi connectivity index (χ1n) is 12.1. The number of non-ortho nitro benzene ring substituents is 1. The summed E-state index contributed by atoms with van der Waals surface area (Å²) in [5.41, 5.74) is 4.60. The van der Waals surface area contributed by atoms with Crippen LogP contribution in [0.5, 0.6) is 0 Å². The van der Waals surface area contributed by atoms with E-state index in [0.29, 0.717) is 11.3 Å². The lowest BCUT2D eigenvalue weighted by Crippen LogP contribution is -2.41. The minimum absolute atomic E-state index is 0.122.